The molecule has 1 aromatic rings. The topological polar surface area (TPSA) is 105 Å². The molecule has 0 aromatic carbocycles. The number of hydrogen-bond acceptors (Lipinski definition) is 6. The molecule has 2 aliphatic heterocycles. The summed E-state index contributed by atoms with van der Waals surface area (Å²) in [7, 11) is 0. The Morgan fingerprint density at radius 1 is 1.16 bits per heavy atom. The molecule has 3 heterocycles. The van der Waals surface area contributed by atoms with Gasteiger partial charge in [0.1, 0.15) is 0 Å². The van der Waals surface area contributed by atoms with E-state index >= 15 is 0 Å². The third-order valence-corrected chi connectivity index (χ3v) is 5.05. The van der Waals surface area contributed by atoms with E-state index in [2.05, 4.69) is 20.2 Å². The van der Waals surface area contributed by atoms with Crippen LogP contribution in [-0.2, 0) is 4.74 Å². The molecule has 2 N–H and O–H groups in total. The Bertz CT molecular complexity index is 625. The Kier molecular flexibility index (Phi) is 5.60. The zero-order valence-electron chi connectivity index (χ0n) is 14.2. The first-order valence-electron chi connectivity index (χ1n) is 8.72. The van der Waals surface area contributed by atoms with Crippen LogP contribution in [0.15, 0.2) is 12.4 Å². The first-order valence-corrected chi connectivity index (χ1v) is 8.72. The predicted molar refractivity (Wildman–Crippen MR) is 89.5 cm³/mol. The number of amides is 1. The van der Waals surface area contributed by atoms with E-state index < -0.39 is 11.9 Å². The fraction of sp³-hybridized carbons (Fsp3) is 0.647. The lowest BCUT2D eigenvalue weighted by Gasteiger charge is -2.40. The van der Waals surface area contributed by atoms with Crippen molar-refractivity contribution in [2.24, 2.45) is 5.41 Å². The number of likely N-dealkylation sites (tertiary alicyclic amines) is 1. The van der Waals surface area contributed by atoms with Crippen LogP contribution in [0.1, 0.15) is 46.7 Å². The molecule has 0 spiro atoms. The van der Waals surface area contributed by atoms with Crippen LogP contribution >= 0.6 is 0 Å². The van der Waals surface area contributed by atoms with E-state index in [1.54, 1.807) is 0 Å². The molecule has 2 saturated heterocycles. The van der Waals surface area contributed by atoms with Gasteiger partial charge in [0.05, 0.1) is 0 Å². The van der Waals surface area contributed by atoms with Crippen LogP contribution in [-0.4, -0.2) is 71.2 Å². The zero-order valence-corrected chi connectivity index (χ0v) is 14.2. The Labute approximate surface area is 146 Å². The van der Waals surface area contributed by atoms with E-state index in [0.717, 1.165) is 32.5 Å². The third kappa shape index (κ3) is 4.32. The Balaban J connectivity index is 1.68. The van der Waals surface area contributed by atoms with Gasteiger partial charge in [-0.2, -0.15) is 0 Å². The lowest BCUT2D eigenvalue weighted by molar-refractivity contribution is -0.000660. The Morgan fingerprint density at radius 2 is 1.80 bits per heavy atom. The van der Waals surface area contributed by atoms with Crippen molar-refractivity contribution in [1.82, 2.24) is 20.2 Å². The van der Waals surface area contributed by atoms with Crippen LogP contribution in [0.3, 0.4) is 0 Å². The number of aromatic carboxylic acids is 1. The fourth-order valence-corrected chi connectivity index (χ4v) is 3.62. The van der Waals surface area contributed by atoms with Gasteiger partial charge >= 0.3 is 5.97 Å². The molecule has 1 aromatic heterocycles. The maximum absolute atomic E-state index is 12.5. The molecule has 2 aliphatic rings. The van der Waals surface area contributed by atoms with Crippen molar-refractivity contribution in [3.63, 3.8) is 0 Å². The molecule has 0 saturated carbocycles. The van der Waals surface area contributed by atoms with Crippen molar-refractivity contribution < 1.29 is 19.4 Å². The normalized spacial score (nSPS) is 20.3. The first-order chi connectivity index (χ1) is 12.1. The summed E-state index contributed by atoms with van der Waals surface area (Å²) >= 11 is 0. The van der Waals surface area contributed by atoms with Gasteiger partial charge in [-0.1, -0.05) is 0 Å². The lowest BCUT2D eigenvalue weighted by Crippen LogP contribution is -2.48. The van der Waals surface area contributed by atoms with Gasteiger partial charge in [0.15, 0.2) is 11.4 Å². The van der Waals surface area contributed by atoms with Crippen molar-refractivity contribution in [3.05, 3.63) is 23.8 Å². The van der Waals surface area contributed by atoms with Gasteiger partial charge in [0, 0.05) is 44.1 Å². The fourth-order valence-electron chi connectivity index (χ4n) is 3.62. The van der Waals surface area contributed by atoms with Crippen LogP contribution in [0.25, 0.3) is 0 Å². The molecule has 136 valence electrons. The molecule has 25 heavy (non-hydrogen) atoms. The van der Waals surface area contributed by atoms with Crippen LogP contribution in [0.2, 0.25) is 0 Å². The molecule has 0 bridgehead atoms. The van der Waals surface area contributed by atoms with Crippen molar-refractivity contribution in [2.45, 2.75) is 25.7 Å². The Hall–Kier alpha value is -2.06. The second kappa shape index (κ2) is 7.88. The molecule has 0 aliphatic carbocycles. The van der Waals surface area contributed by atoms with Gasteiger partial charge in [0.2, 0.25) is 0 Å². The summed E-state index contributed by atoms with van der Waals surface area (Å²) in [5.74, 6) is -1.74. The van der Waals surface area contributed by atoms with Gasteiger partial charge in [-0.05, 0) is 38.8 Å². The summed E-state index contributed by atoms with van der Waals surface area (Å²) in [6.45, 7) is 5.00. The number of nitrogens with one attached hydrogen (secondary N) is 1. The summed E-state index contributed by atoms with van der Waals surface area (Å²) < 4.78 is 5.50. The lowest BCUT2D eigenvalue weighted by atomic mass is 9.79. The maximum Gasteiger partial charge on any atom is 0.356 e. The average Bonchev–Trinajstić information content (AvgIpc) is 3.13. The molecule has 0 unspecified atom stereocenters. The number of carbonyl (C=O) groups is 2. The van der Waals surface area contributed by atoms with Gasteiger partial charge < -0.3 is 20.1 Å². The number of aromatic nitrogens is 2. The molecule has 8 nitrogen and oxygen atoms in total. The SMILES string of the molecule is O=C(O)c1nccnc1C(=O)NCC1(CN2CCCC2)CCOCC1. The Morgan fingerprint density at radius 3 is 2.44 bits per heavy atom. The molecule has 0 atom stereocenters. The van der Waals surface area contributed by atoms with E-state index in [1.807, 2.05) is 0 Å². The monoisotopic (exact) mass is 348 g/mol. The number of carbonyl (C=O) groups excluding carboxylic acids is 1. The van der Waals surface area contributed by atoms with E-state index in [0.29, 0.717) is 19.8 Å². The minimum atomic E-state index is -1.25. The third-order valence-electron chi connectivity index (χ3n) is 5.05. The van der Waals surface area contributed by atoms with Crippen molar-refractivity contribution >= 4 is 11.9 Å². The number of nitrogens with zero attached hydrogens (tertiary/aromatic N) is 3. The van der Waals surface area contributed by atoms with E-state index in [-0.39, 0.29) is 16.8 Å². The highest BCUT2D eigenvalue weighted by molar-refractivity contribution is 6.01. The molecule has 2 fully saturated rings. The summed E-state index contributed by atoms with van der Waals surface area (Å²) in [6, 6.07) is 0. The number of hydrogen-bond donors (Lipinski definition) is 2. The molecule has 0 radical (unpaired) electrons. The quantitative estimate of drug-likeness (QED) is 0.783. The summed E-state index contributed by atoms with van der Waals surface area (Å²) in [5, 5.41) is 12.1. The number of carboxylic acids is 1. The maximum atomic E-state index is 12.5. The number of ether oxygens (including phenoxy) is 1. The van der Waals surface area contributed by atoms with E-state index in [4.69, 9.17) is 9.84 Å². The zero-order chi connectivity index (χ0) is 17.7. The van der Waals surface area contributed by atoms with Crippen LogP contribution in [0.4, 0.5) is 0 Å². The standard InChI is InChI=1S/C17H24N4O4/c22-15(13-14(16(23)24)19-6-5-18-13)20-11-17(3-9-25-10-4-17)12-21-7-1-2-8-21/h5-6H,1-4,7-12H2,(H,20,22)(H,23,24). The minimum Gasteiger partial charge on any atom is -0.476 e. The second-order valence-electron chi connectivity index (χ2n) is 6.84. The van der Waals surface area contributed by atoms with Crippen molar-refractivity contribution in [3.8, 4) is 0 Å². The highest BCUT2D eigenvalue weighted by atomic mass is 16.5. The van der Waals surface area contributed by atoms with Gasteiger partial charge in [0.25, 0.3) is 5.91 Å². The summed E-state index contributed by atoms with van der Waals surface area (Å²) in [6.07, 6.45) is 6.82. The molecular weight excluding hydrogens is 324 g/mol. The number of carboxylic acid groups (broad SMARTS) is 1. The van der Waals surface area contributed by atoms with Crippen LogP contribution < -0.4 is 5.32 Å². The number of rotatable bonds is 6. The molecule has 8 heteroatoms. The highest BCUT2D eigenvalue weighted by Crippen LogP contribution is 2.32. The predicted octanol–water partition coefficient (Wildman–Crippen LogP) is 0.797. The summed E-state index contributed by atoms with van der Waals surface area (Å²) in [5.41, 5.74) is -0.497. The summed E-state index contributed by atoms with van der Waals surface area (Å²) in [4.78, 5) is 33.8. The second-order valence-corrected chi connectivity index (χ2v) is 6.84. The molecular formula is C17H24N4O4. The van der Waals surface area contributed by atoms with Crippen molar-refractivity contribution in [2.75, 3.05) is 39.4 Å². The van der Waals surface area contributed by atoms with E-state index in [9.17, 15) is 9.59 Å². The minimum absolute atomic E-state index is 0.0379. The largest absolute Gasteiger partial charge is 0.476 e. The van der Waals surface area contributed by atoms with Crippen LogP contribution in [0.5, 0.6) is 0 Å². The highest BCUT2D eigenvalue weighted by Gasteiger charge is 2.36. The van der Waals surface area contributed by atoms with Gasteiger partial charge in [-0.25, -0.2) is 14.8 Å². The smallest absolute Gasteiger partial charge is 0.356 e. The van der Waals surface area contributed by atoms with Crippen LogP contribution in [0, 0.1) is 5.41 Å². The first kappa shape index (κ1) is 17.8. The van der Waals surface area contributed by atoms with Gasteiger partial charge in [-0.15, -0.1) is 0 Å². The van der Waals surface area contributed by atoms with Crippen molar-refractivity contribution in [1.29, 1.82) is 0 Å². The van der Waals surface area contributed by atoms with E-state index in [1.165, 1.54) is 25.2 Å². The van der Waals surface area contributed by atoms with Gasteiger partial charge in [-0.3, -0.25) is 4.79 Å². The average molecular weight is 348 g/mol. The molecule has 3 rings (SSSR count). The molecule has 1 amide bonds.